The summed E-state index contributed by atoms with van der Waals surface area (Å²) in [5.41, 5.74) is -3.43. The largest absolute Gasteiger partial charge is 0.507 e. The summed E-state index contributed by atoms with van der Waals surface area (Å²) in [4.78, 5) is 93.8. The number of phenols is 2. The molecule has 0 spiro atoms. The summed E-state index contributed by atoms with van der Waals surface area (Å²) in [5.74, 6) is -6.27. The van der Waals surface area contributed by atoms with Crippen molar-refractivity contribution in [2.75, 3.05) is 119 Å². The van der Waals surface area contributed by atoms with E-state index in [9.17, 15) is 59.1 Å². The van der Waals surface area contributed by atoms with Crippen molar-refractivity contribution < 1.29 is 116 Å². The maximum atomic E-state index is 14.0. The van der Waals surface area contributed by atoms with Gasteiger partial charge < -0.3 is 87.8 Å². The number of aliphatic hydroxyl groups excluding tert-OH is 2. The predicted octanol–water partition coefficient (Wildman–Crippen LogP) is -0.0967. The standard InChI is InChI=1S/C56H75N5O24/c1-34-51(68)38(29-46(83-34)84-40-31-56(73,41(63)33-62)30-37-48(40)55(72)50-49(53(37)70)52(69)36-6-4-7-39(74-2)47(36)54(50)71)57-42(64)11-13-75-15-17-77-19-21-79-23-25-81-27-28-82-26-24-80-22-20-78-18-16-76-14-12-60-32-35(58-59-60)5-3-8-45(67)85-61-43(65)9-10-44(61)66/h4,6-7,32,34,38,40,46,51,62,68,70,72-73H,3,5,8-31,33H2,1-2H3,(H,57,64)/t34-,38+,40+,46?,51-,56+/m1/s1. The van der Waals surface area contributed by atoms with E-state index in [1.54, 1.807) is 10.9 Å². The number of hydrogen-bond donors (Lipinski definition) is 6. The third-order valence-corrected chi connectivity index (χ3v) is 14.2. The summed E-state index contributed by atoms with van der Waals surface area (Å²) in [5, 5.41) is 67.3. The number of nitrogens with one attached hydrogen (secondary N) is 1. The van der Waals surface area contributed by atoms with Crippen molar-refractivity contribution in [3.05, 3.63) is 63.5 Å². The van der Waals surface area contributed by atoms with Crippen LogP contribution in [0.2, 0.25) is 0 Å². The smallest absolute Gasteiger partial charge is 0.333 e. The number of imide groups is 1. The van der Waals surface area contributed by atoms with E-state index in [0.717, 1.165) is 0 Å². The maximum absolute atomic E-state index is 14.0. The van der Waals surface area contributed by atoms with E-state index < -0.39 is 119 Å². The zero-order chi connectivity index (χ0) is 60.9. The Kier molecular flexibility index (Phi) is 25.6. The van der Waals surface area contributed by atoms with Crippen LogP contribution in [0.4, 0.5) is 0 Å². The molecule has 2 fully saturated rings. The van der Waals surface area contributed by atoms with E-state index in [-0.39, 0.29) is 79.9 Å². The summed E-state index contributed by atoms with van der Waals surface area (Å²) in [6, 6.07) is 3.37. The molecule has 2 aromatic carbocycles. The molecule has 468 valence electrons. The Morgan fingerprint density at radius 2 is 1.32 bits per heavy atom. The SMILES string of the molecule is COc1cccc2c1C(=O)c1c(O)c3c(c(O)c1C2=O)C[C@@](O)(C(=O)CO)C[C@@H]3OC1C[C@H](NC(=O)CCOCCOCCOCCOCCOCCOCCOCCOCCn2cc(CCCC(=O)ON3C(=O)CCC3=O)nn2)[C@H](O)[C@@H](C)O1. The number of phenolic OH excluding ortho intramolecular Hbond substituents is 2. The number of aryl methyl sites for hydroxylation is 1. The normalized spacial score (nSPS) is 21.0. The highest BCUT2D eigenvalue weighted by molar-refractivity contribution is 6.31. The number of Topliss-reactive ketones (excluding diaryl/α,β-unsaturated/α-hetero) is 1. The zero-order valence-electron chi connectivity index (χ0n) is 47.6. The number of carbonyl (C=O) groups excluding carboxylic acids is 7. The molecule has 3 aromatic rings. The van der Waals surface area contributed by atoms with Gasteiger partial charge in [-0.25, -0.2) is 9.48 Å². The van der Waals surface area contributed by atoms with Gasteiger partial charge in [0.25, 0.3) is 11.8 Å². The van der Waals surface area contributed by atoms with Crippen LogP contribution in [-0.4, -0.2) is 236 Å². The van der Waals surface area contributed by atoms with Gasteiger partial charge in [0.15, 0.2) is 17.9 Å². The molecule has 3 heterocycles. The molecule has 29 heteroatoms. The predicted molar refractivity (Wildman–Crippen MR) is 287 cm³/mol. The van der Waals surface area contributed by atoms with E-state index >= 15 is 0 Å². The number of carbonyl (C=O) groups is 7. The van der Waals surface area contributed by atoms with E-state index in [4.69, 9.17) is 56.9 Å². The lowest BCUT2D eigenvalue weighted by Gasteiger charge is -2.43. The Morgan fingerprint density at radius 3 is 1.89 bits per heavy atom. The molecule has 3 amide bonds. The zero-order valence-corrected chi connectivity index (χ0v) is 47.6. The van der Waals surface area contributed by atoms with Crippen molar-refractivity contribution in [1.29, 1.82) is 0 Å². The van der Waals surface area contributed by atoms with Crippen LogP contribution in [0.5, 0.6) is 17.2 Å². The summed E-state index contributed by atoms with van der Waals surface area (Å²) in [6.07, 6.45) is -3.54. The number of aliphatic hydroxyl groups is 3. The van der Waals surface area contributed by atoms with Gasteiger partial charge in [-0.05, 0) is 25.8 Å². The number of ketones is 3. The number of ether oxygens (including phenoxy) is 11. The minimum Gasteiger partial charge on any atom is -0.507 e. The number of nitrogens with zero attached hydrogens (tertiary/aromatic N) is 4. The fourth-order valence-electron chi connectivity index (χ4n) is 9.88. The van der Waals surface area contributed by atoms with Gasteiger partial charge in [-0.15, -0.1) is 10.2 Å². The Balaban J connectivity index is 0.669. The number of hydrogen-bond acceptors (Lipinski definition) is 26. The van der Waals surface area contributed by atoms with Crippen LogP contribution in [0.3, 0.4) is 0 Å². The van der Waals surface area contributed by atoms with Crippen molar-refractivity contribution in [2.45, 2.75) is 108 Å². The van der Waals surface area contributed by atoms with Crippen molar-refractivity contribution in [1.82, 2.24) is 25.4 Å². The number of aromatic nitrogens is 3. The second kappa shape index (κ2) is 32.9. The van der Waals surface area contributed by atoms with Crippen molar-refractivity contribution >= 4 is 41.0 Å². The van der Waals surface area contributed by atoms with Gasteiger partial charge in [0, 0.05) is 67.8 Å². The lowest BCUT2D eigenvalue weighted by Crippen LogP contribution is -2.56. The van der Waals surface area contributed by atoms with E-state index in [2.05, 4.69) is 15.6 Å². The van der Waals surface area contributed by atoms with Crippen molar-refractivity contribution in [2.24, 2.45) is 0 Å². The molecule has 0 bridgehead atoms. The highest BCUT2D eigenvalue weighted by Crippen LogP contribution is 2.52. The van der Waals surface area contributed by atoms with E-state index in [1.807, 2.05) is 0 Å². The van der Waals surface area contributed by atoms with Gasteiger partial charge in [0.2, 0.25) is 11.7 Å². The van der Waals surface area contributed by atoms with Crippen LogP contribution in [0, 0.1) is 0 Å². The number of hydroxylamine groups is 2. The van der Waals surface area contributed by atoms with Crippen LogP contribution in [0.1, 0.15) is 107 Å². The molecule has 2 saturated heterocycles. The number of methoxy groups -OCH3 is 1. The molecule has 0 saturated carbocycles. The number of amides is 3. The molecule has 1 unspecified atom stereocenters. The first-order valence-corrected chi connectivity index (χ1v) is 28.1. The molecule has 29 nitrogen and oxygen atoms in total. The monoisotopic (exact) mass is 1200 g/mol. The average molecular weight is 1200 g/mol. The van der Waals surface area contributed by atoms with Gasteiger partial charge in [-0.1, -0.05) is 17.3 Å². The lowest BCUT2D eigenvalue weighted by molar-refractivity contribution is -0.249. The molecule has 6 atom stereocenters. The van der Waals surface area contributed by atoms with Gasteiger partial charge in [-0.3, -0.25) is 28.8 Å². The molecule has 6 N–H and O–H groups in total. The number of benzene rings is 2. The van der Waals surface area contributed by atoms with Crippen LogP contribution in [0.15, 0.2) is 24.4 Å². The third-order valence-electron chi connectivity index (χ3n) is 14.2. The van der Waals surface area contributed by atoms with Crippen LogP contribution >= 0.6 is 0 Å². The first-order chi connectivity index (χ1) is 41.0. The molecule has 1 aromatic heterocycles. The molecule has 2 aliphatic heterocycles. The Morgan fingerprint density at radius 1 is 0.753 bits per heavy atom. The molecule has 4 aliphatic rings. The Labute approximate surface area is 488 Å². The van der Waals surface area contributed by atoms with Crippen LogP contribution in [0.25, 0.3) is 0 Å². The second-order valence-corrected chi connectivity index (χ2v) is 20.2. The summed E-state index contributed by atoms with van der Waals surface area (Å²) in [6.45, 7) is 6.33. The van der Waals surface area contributed by atoms with Crippen LogP contribution < -0.4 is 10.1 Å². The highest BCUT2D eigenvalue weighted by atomic mass is 16.7. The van der Waals surface area contributed by atoms with Crippen LogP contribution in [-0.2, 0) is 95.6 Å². The molecule has 0 radical (unpaired) electrons. The summed E-state index contributed by atoms with van der Waals surface area (Å²) in [7, 11) is 1.30. The molecule has 2 aliphatic carbocycles. The van der Waals surface area contributed by atoms with Gasteiger partial charge in [0.1, 0.15) is 35.6 Å². The highest BCUT2D eigenvalue weighted by Gasteiger charge is 2.50. The second-order valence-electron chi connectivity index (χ2n) is 20.2. The van der Waals surface area contributed by atoms with Gasteiger partial charge in [-0.2, -0.15) is 0 Å². The number of aromatic hydroxyl groups is 2. The summed E-state index contributed by atoms with van der Waals surface area (Å²) >= 11 is 0. The van der Waals surface area contributed by atoms with Crippen molar-refractivity contribution in [3.8, 4) is 17.2 Å². The average Bonchev–Trinajstić information content (AvgIpc) is 1.14. The fraction of sp³-hybridized carbons (Fsp3) is 0.625. The quantitative estimate of drug-likeness (QED) is 0.0194. The minimum atomic E-state index is -2.36. The van der Waals surface area contributed by atoms with E-state index in [0.29, 0.717) is 116 Å². The first kappa shape index (κ1) is 66.1. The molecule has 85 heavy (non-hydrogen) atoms. The first-order valence-electron chi connectivity index (χ1n) is 28.1. The fourth-order valence-corrected chi connectivity index (χ4v) is 9.88. The molecular formula is C56H75N5O24. The number of fused-ring (bicyclic) bond motifs is 3. The maximum Gasteiger partial charge on any atom is 0.333 e. The third kappa shape index (κ3) is 18.1. The summed E-state index contributed by atoms with van der Waals surface area (Å²) < 4.78 is 63.4. The van der Waals surface area contributed by atoms with Gasteiger partial charge in [0.05, 0.1) is 160 Å². The Hall–Kier alpha value is -6.45. The molecular weight excluding hydrogens is 1130 g/mol. The van der Waals surface area contributed by atoms with E-state index in [1.165, 1.54) is 32.2 Å². The lowest BCUT2D eigenvalue weighted by atomic mass is 9.72. The van der Waals surface area contributed by atoms with Crippen molar-refractivity contribution in [3.63, 3.8) is 0 Å². The Bertz CT molecular complexity index is 2760. The van der Waals surface area contributed by atoms with Gasteiger partial charge >= 0.3 is 5.97 Å². The number of rotatable bonds is 38. The topological polar surface area (TPSA) is 377 Å². The minimum absolute atomic E-state index is 0.0295. The molecule has 7 rings (SSSR count).